The molecule has 1 rings (SSSR count). The summed E-state index contributed by atoms with van der Waals surface area (Å²) < 4.78 is 39.8. The minimum atomic E-state index is -4.21. The Morgan fingerprint density at radius 1 is 1.44 bits per heavy atom. The predicted octanol–water partition coefficient (Wildman–Crippen LogP) is 1.25. The van der Waals surface area contributed by atoms with Crippen LogP contribution in [0.4, 0.5) is 13.2 Å². The molecule has 0 aromatic carbocycles. The number of nitrogens with zero attached hydrogens (tertiary/aromatic N) is 1. The first-order valence-corrected chi connectivity index (χ1v) is 5.58. The number of halogens is 3. The van der Waals surface area contributed by atoms with E-state index in [2.05, 4.69) is 21.9 Å². The van der Waals surface area contributed by atoms with Crippen molar-refractivity contribution < 1.29 is 17.9 Å². The van der Waals surface area contributed by atoms with Gasteiger partial charge in [-0.05, 0) is 13.3 Å². The molecule has 0 amide bonds. The van der Waals surface area contributed by atoms with Crippen LogP contribution >= 0.6 is 0 Å². The molecule has 96 valence electrons. The second kappa shape index (κ2) is 6.42. The van der Waals surface area contributed by atoms with Gasteiger partial charge < -0.3 is 10.1 Å². The van der Waals surface area contributed by atoms with E-state index in [9.17, 15) is 13.2 Å². The van der Waals surface area contributed by atoms with Gasteiger partial charge in [-0.1, -0.05) is 0 Å². The third-order valence-corrected chi connectivity index (χ3v) is 2.64. The van der Waals surface area contributed by atoms with E-state index in [4.69, 9.17) is 0 Å². The summed E-state index contributed by atoms with van der Waals surface area (Å²) in [6.45, 7) is 4.82. The maximum atomic E-state index is 11.8. The topological polar surface area (TPSA) is 24.5 Å². The SMILES string of the molecule is C[C@H]1CNCCN1CCCOCC(F)(F)F. The van der Waals surface area contributed by atoms with Gasteiger partial charge in [0.1, 0.15) is 6.61 Å². The Bertz CT molecular complexity index is 199. The lowest BCUT2D eigenvalue weighted by Gasteiger charge is -2.33. The first-order valence-electron chi connectivity index (χ1n) is 5.58. The molecule has 3 nitrogen and oxygen atoms in total. The van der Waals surface area contributed by atoms with Crippen molar-refractivity contribution in [3.05, 3.63) is 0 Å². The highest BCUT2D eigenvalue weighted by Crippen LogP contribution is 2.14. The van der Waals surface area contributed by atoms with E-state index < -0.39 is 12.8 Å². The summed E-state index contributed by atoms with van der Waals surface area (Å²) in [5.41, 5.74) is 0. The Balaban J connectivity index is 2.02. The molecule has 0 unspecified atom stereocenters. The largest absolute Gasteiger partial charge is 0.411 e. The lowest BCUT2D eigenvalue weighted by atomic mass is 10.2. The molecule has 0 saturated carbocycles. The molecular weight excluding hydrogens is 221 g/mol. The van der Waals surface area contributed by atoms with Crippen molar-refractivity contribution in [2.45, 2.75) is 25.6 Å². The lowest BCUT2D eigenvalue weighted by Crippen LogP contribution is -2.50. The molecule has 1 atom stereocenters. The van der Waals surface area contributed by atoms with Gasteiger partial charge in [0.25, 0.3) is 0 Å². The van der Waals surface area contributed by atoms with E-state index in [1.54, 1.807) is 0 Å². The molecule has 1 aliphatic rings. The summed E-state index contributed by atoms with van der Waals surface area (Å²) in [6.07, 6.45) is -3.55. The lowest BCUT2D eigenvalue weighted by molar-refractivity contribution is -0.174. The molecular formula is C10H19F3N2O. The normalized spacial score (nSPS) is 23.6. The zero-order valence-electron chi connectivity index (χ0n) is 9.52. The number of alkyl halides is 3. The Morgan fingerprint density at radius 2 is 2.19 bits per heavy atom. The van der Waals surface area contributed by atoms with Gasteiger partial charge in [0.2, 0.25) is 0 Å². The van der Waals surface area contributed by atoms with Crippen LogP contribution in [0.3, 0.4) is 0 Å². The van der Waals surface area contributed by atoms with Crippen molar-refractivity contribution in [2.24, 2.45) is 0 Å². The molecule has 0 bridgehead atoms. The van der Waals surface area contributed by atoms with Crippen LogP contribution in [0, 0.1) is 0 Å². The van der Waals surface area contributed by atoms with E-state index in [0.29, 0.717) is 12.5 Å². The predicted molar refractivity (Wildman–Crippen MR) is 55.4 cm³/mol. The minimum absolute atomic E-state index is 0.177. The fourth-order valence-electron chi connectivity index (χ4n) is 1.77. The zero-order valence-corrected chi connectivity index (χ0v) is 9.52. The molecule has 1 aliphatic heterocycles. The van der Waals surface area contributed by atoms with Gasteiger partial charge in [-0.15, -0.1) is 0 Å². The maximum Gasteiger partial charge on any atom is 0.411 e. The quantitative estimate of drug-likeness (QED) is 0.732. The number of ether oxygens (including phenoxy) is 1. The van der Waals surface area contributed by atoms with Crippen LogP contribution in [-0.2, 0) is 4.74 Å². The average molecular weight is 240 g/mol. The van der Waals surface area contributed by atoms with E-state index >= 15 is 0 Å². The van der Waals surface area contributed by atoms with Gasteiger partial charge in [-0.25, -0.2) is 0 Å². The van der Waals surface area contributed by atoms with Crippen LogP contribution in [0.5, 0.6) is 0 Å². The molecule has 0 radical (unpaired) electrons. The third kappa shape index (κ3) is 5.67. The summed E-state index contributed by atoms with van der Waals surface area (Å²) in [5.74, 6) is 0. The van der Waals surface area contributed by atoms with E-state index in [0.717, 1.165) is 26.2 Å². The van der Waals surface area contributed by atoms with Gasteiger partial charge >= 0.3 is 6.18 Å². The molecule has 1 N–H and O–H groups in total. The average Bonchev–Trinajstić information content (AvgIpc) is 2.18. The third-order valence-electron chi connectivity index (χ3n) is 2.64. The number of piperazine rings is 1. The summed E-state index contributed by atoms with van der Waals surface area (Å²) in [7, 11) is 0. The maximum absolute atomic E-state index is 11.8. The Kier molecular flexibility index (Phi) is 5.51. The van der Waals surface area contributed by atoms with Crippen LogP contribution in [0.2, 0.25) is 0 Å². The van der Waals surface area contributed by atoms with Gasteiger partial charge in [-0.3, -0.25) is 4.90 Å². The first kappa shape index (κ1) is 13.7. The van der Waals surface area contributed by atoms with Crippen molar-refractivity contribution in [3.63, 3.8) is 0 Å². The first-order chi connectivity index (χ1) is 7.49. The summed E-state index contributed by atoms with van der Waals surface area (Å²) in [5, 5.41) is 3.26. The smallest absolute Gasteiger partial charge is 0.372 e. The zero-order chi connectivity index (χ0) is 12.0. The highest BCUT2D eigenvalue weighted by molar-refractivity contribution is 4.75. The van der Waals surface area contributed by atoms with Crippen molar-refractivity contribution in [3.8, 4) is 0 Å². The second-order valence-corrected chi connectivity index (χ2v) is 4.11. The van der Waals surface area contributed by atoms with Crippen LogP contribution in [0.15, 0.2) is 0 Å². The molecule has 16 heavy (non-hydrogen) atoms. The monoisotopic (exact) mass is 240 g/mol. The van der Waals surface area contributed by atoms with Crippen LogP contribution in [0.1, 0.15) is 13.3 Å². The van der Waals surface area contributed by atoms with E-state index in [1.165, 1.54) is 0 Å². The minimum Gasteiger partial charge on any atom is -0.372 e. The molecule has 6 heteroatoms. The van der Waals surface area contributed by atoms with E-state index in [-0.39, 0.29) is 6.61 Å². The van der Waals surface area contributed by atoms with Gasteiger partial charge in [0.15, 0.2) is 0 Å². The number of hydrogen-bond acceptors (Lipinski definition) is 3. The van der Waals surface area contributed by atoms with Crippen LogP contribution in [0.25, 0.3) is 0 Å². The molecule has 1 heterocycles. The highest BCUT2D eigenvalue weighted by Gasteiger charge is 2.27. The second-order valence-electron chi connectivity index (χ2n) is 4.11. The molecule has 1 saturated heterocycles. The highest BCUT2D eigenvalue weighted by atomic mass is 19.4. The summed E-state index contributed by atoms with van der Waals surface area (Å²) >= 11 is 0. The fraction of sp³-hybridized carbons (Fsp3) is 1.00. The van der Waals surface area contributed by atoms with Crippen LogP contribution < -0.4 is 5.32 Å². The fourth-order valence-corrected chi connectivity index (χ4v) is 1.77. The van der Waals surface area contributed by atoms with Gasteiger partial charge in [0, 0.05) is 38.8 Å². The van der Waals surface area contributed by atoms with Gasteiger partial charge in [0.05, 0.1) is 0 Å². The van der Waals surface area contributed by atoms with Crippen molar-refractivity contribution in [1.82, 2.24) is 10.2 Å². The Hall–Kier alpha value is -0.330. The molecule has 0 aliphatic carbocycles. The Labute approximate surface area is 93.9 Å². The summed E-state index contributed by atoms with van der Waals surface area (Å²) in [6, 6.07) is 0.455. The van der Waals surface area contributed by atoms with Crippen LogP contribution in [-0.4, -0.2) is 56.5 Å². The Morgan fingerprint density at radius 3 is 2.81 bits per heavy atom. The number of nitrogens with one attached hydrogen (secondary N) is 1. The molecule has 0 aromatic rings. The van der Waals surface area contributed by atoms with Crippen molar-refractivity contribution in [1.29, 1.82) is 0 Å². The van der Waals surface area contributed by atoms with Gasteiger partial charge in [-0.2, -0.15) is 13.2 Å². The number of hydrogen-bond donors (Lipinski definition) is 1. The molecule has 0 aromatic heterocycles. The van der Waals surface area contributed by atoms with Crippen molar-refractivity contribution in [2.75, 3.05) is 39.4 Å². The standard InChI is InChI=1S/C10H19F3N2O/c1-9-7-14-3-5-15(9)4-2-6-16-8-10(11,12)13/h9,14H,2-8H2,1H3/t9-/m0/s1. The molecule has 0 spiro atoms. The van der Waals surface area contributed by atoms with Crippen molar-refractivity contribution >= 4 is 0 Å². The molecule has 1 fully saturated rings. The number of rotatable bonds is 5. The summed E-state index contributed by atoms with van der Waals surface area (Å²) in [4.78, 5) is 2.27. The van der Waals surface area contributed by atoms with E-state index in [1.807, 2.05) is 0 Å².